The van der Waals surface area contributed by atoms with Crippen molar-refractivity contribution in [3.8, 4) is 17.2 Å². The minimum absolute atomic E-state index is 0.126. The molecule has 128 valence electrons. The number of halogens is 1. The summed E-state index contributed by atoms with van der Waals surface area (Å²) in [4.78, 5) is 8.91. The van der Waals surface area contributed by atoms with Crippen LogP contribution in [0.15, 0.2) is 70.1 Å². The fraction of sp³-hybridized carbons (Fsp3) is 0.0476. The van der Waals surface area contributed by atoms with Crippen LogP contribution in [-0.4, -0.2) is 16.3 Å². The number of hydrogen-bond acceptors (Lipinski definition) is 4. The Morgan fingerprint density at radius 3 is 2.65 bits per heavy atom. The number of aromatic nitrogens is 1. The second kappa shape index (κ2) is 6.65. The average molecular weight is 363 g/mol. The Morgan fingerprint density at radius 2 is 1.85 bits per heavy atom. The number of rotatable bonds is 3. The highest BCUT2D eigenvalue weighted by Crippen LogP contribution is 2.28. The standard InChI is InChI=1S/C21H15ClN2O2/c1-13-2-4-14(5-3-13)21-24-18-8-7-17(11-20(18)26-21)23-12-15-10-16(22)6-9-19(15)25/h2-12,25H,1H3. The van der Waals surface area contributed by atoms with Gasteiger partial charge in [-0.3, -0.25) is 4.99 Å². The molecule has 26 heavy (non-hydrogen) atoms. The summed E-state index contributed by atoms with van der Waals surface area (Å²) in [6, 6.07) is 18.4. The summed E-state index contributed by atoms with van der Waals surface area (Å²) in [6.45, 7) is 2.04. The number of nitrogens with zero attached hydrogens (tertiary/aromatic N) is 2. The van der Waals surface area contributed by atoms with E-state index in [9.17, 15) is 5.11 Å². The van der Waals surface area contributed by atoms with Gasteiger partial charge in [-0.2, -0.15) is 0 Å². The summed E-state index contributed by atoms with van der Waals surface area (Å²) in [5, 5.41) is 10.4. The summed E-state index contributed by atoms with van der Waals surface area (Å²) in [5.41, 5.74) is 4.79. The molecule has 0 aliphatic rings. The molecule has 1 heterocycles. The van der Waals surface area contributed by atoms with Crippen molar-refractivity contribution in [2.75, 3.05) is 0 Å². The number of benzene rings is 3. The van der Waals surface area contributed by atoms with Crippen LogP contribution >= 0.6 is 11.6 Å². The van der Waals surface area contributed by atoms with Gasteiger partial charge in [0.1, 0.15) is 11.3 Å². The van der Waals surface area contributed by atoms with Crippen molar-refractivity contribution in [2.45, 2.75) is 6.92 Å². The number of fused-ring (bicyclic) bond motifs is 1. The van der Waals surface area contributed by atoms with Gasteiger partial charge in [-0.05, 0) is 49.4 Å². The quantitative estimate of drug-likeness (QED) is 0.460. The normalized spacial score (nSPS) is 11.5. The second-order valence-corrected chi connectivity index (χ2v) is 6.43. The van der Waals surface area contributed by atoms with E-state index >= 15 is 0 Å². The molecule has 0 unspecified atom stereocenters. The molecule has 4 rings (SSSR count). The molecule has 0 amide bonds. The molecule has 4 nitrogen and oxygen atoms in total. The second-order valence-electron chi connectivity index (χ2n) is 6.00. The van der Waals surface area contributed by atoms with Gasteiger partial charge in [-0.1, -0.05) is 29.3 Å². The topological polar surface area (TPSA) is 58.6 Å². The van der Waals surface area contributed by atoms with Crippen LogP contribution in [0.3, 0.4) is 0 Å². The molecule has 0 saturated carbocycles. The highest BCUT2D eigenvalue weighted by Gasteiger charge is 2.08. The van der Waals surface area contributed by atoms with Crippen molar-refractivity contribution in [1.82, 2.24) is 4.98 Å². The van der Waals surface area contributed by atoms with Crippen LogP contribution in [0.2, 0.25) is 5.02 Å². The number of oxazole rings is 1. The van der Waals surface area contributed by atoms with Gasteiger partial charge in [0.05, 0.1) is 5.69 Å². The summed E-state index contributed by atoms with van der Waals surface area (Å²) in [6.07, 6.45) is 1.57. The Morgan fingerprint density at radius 1 is 1.04 bits per heavy atom. The van der Waals surface area contributed by atoms with E-state index in [1.807, 2.05) is 49.4 Å². The molecular formula is C21H15ClN2O2. The molecule has 0 bridgehead atoms. The van der Waals surface area contributed by atoms with Gasteiger partial charge >= 0.3 is 0 Å². The minimum atomic E-state index is 0.126. The average Bonchev–Trinajstić information content (AvgIpc) is 3.06. The van der Waals surface area contributed by atoms with E-state index in [0.29, 0.717) is 27.7 Å². The smallest absolute Gasteiger partial charge is 0.227 e. The van der Waals surface area contributed by atoms with Crippen LogP contribution < -0.4 is 0 Å². The van der Waals surface area contributed by atoms with Gasteiger partial charge in [0.25, 0.3) is 0 Å². The van der Waals surface area contributed by atoms with Gasteiger partial charge < -0.3 is 9.52 Å². The lowest BCUT2D eigenvalue weighted by Crippen LogP contribution is -1.82. The maximum atomic E-state index is 9.86. The Balaban J connectivity index is 1.66. The van der Waals surface area contributed by atoms with Gasteiger partial charge in [0, 0.05) is 28.4 Å². The molecule has 4 aromatic rings. The SMILES string of the molecule is Cc1ccc(-c2nc3ccc(N=Cc4cc(Cl)ccc4O)cc3o2)cc1. The number of phenols is 1. The van der Waals surface area contributed by atoms with Crippen LogP contribution in [-0.2, 0) is 0 Å². The van der Waals surface area contributed by atoms with E-state index < -0.39 is 0 Å². The molecule has 1 aromatic heterocycles. The number of hydrogen-bond donors (Lipinski definition) is 1. The van der Waals surface area contributed by atoms with E-state index in [-0.39, 0.29) is 5.75 Å². The van der Waals surface area contributed by atoms with Crippen molar-refractivity contribution in [3.05, 3.63) is 76.8 Å². The van der Waals surface area contributed by atoms with Crippen LogP contribution in [0.5, 0.6) is 5.75 Å². The Labute approximate surface area is 155 Å². The lowest BCUT2D eigenvalue weighted by atomic mass is 10.1. The van der Waals surface area contributed by atoms with Crippen LogP contribution in [0.1, 0.15) is 11.1 Å². The Hall–Kier alpha value is -3.11. The predicted octanol–water partition coefficient (Wildman–Crippen LogP) is 5.91. The lowest BCUT2D eigenvalue weighted by Gasteiger charge is -1.99. The highest BCUT2D eigenvalue weighted by molar-refractivity contribution is 6.30. The van der Waals surface area contributed by atoms with E-state index in [1.165, 1.54) is 11.6 Å². The molecule has 1 N–H and O–H groups in total. The zero-order valence-electron chi connectivity index (χ0n) is 14.0. The zero-order chi connectivity index (χ0) is 18.1. The highest BCUT2D eigenvalue weighted by atomic mass is 35.5. The first-order valence-electron chi connectivity index (χ1n) is 8.09. The molecule has 0 fully saturated rings. The molecule has 0 spiro atoms. The molecule has 3 aromatic carbocycles. The molecule has 0 saturated heterocycles. The van der Waals surface area contributed by atoms with Crippen molar-refractivity contribution in [2.24, 2.45) is 4.99 Å². The third-order valence-electron chi connectivity index (χ3n) is 4.01. The molecule has 0 atom stereocenters. The molecule has 0 aliphatic heterocycles. The maximum Gasteiger partial charge on any atom is 0.227 e. The van der Waals surface area contributed by atoms with Crippen LogP contribution in [0.25, 0.3) is 22.6 Å². The van der Waals surface area contributed by atoms with Gasteiger partial charge in [-0.15, -0.1) is 0 Å². The largest absolute Gasteiger partial charge is 0.507 e. The van der Waals surface area contributed by atoms with Crippen LogP contribution in [0, 0.1) is 6.92 Å². The number of aliphatic imine (C=N–C) groups is 1. The maximum absolute atomic E-state index is 9.86. The number of phenolic OH excluding ortho intramolecular Hbond substituents is 1. The van der Waals surface area contributed by atoms with E-state index in [2.05, 4.69) is 9.98 Å². The third kappa shape index (κ3) is 3.32. The van der Waals surface area contributed by atoms with Crippen LogP contribution in [0.4, 0.5) is 5.69 Å². The van der Waals surface area contributed by atoms with Gasteiger partial charge in [0.15, 0.2) is 5.58 Å². The minimum Gasteiger partial charge on any atom is -0.507 e. The first-order valence-corrected chi connectivity index (χ1v) is 8.46. The molecule has 0 radical (unpaired) electrons. The van der Waals surface area contributed by atoms with Crippen molar-refractivity contribution < 1.29 is 9.52 Å². The lowest BCUT2D eigenvalue weighted by molar-refractivity contribution is 0.474. The third-order valence-corrected chi connectivity index (χ3v) is 4.25. The van der Waals surface area contributed by atoms with Crippen molar-refractivity contribution >= 4 is 34.6 Å². The fourth-order valence-corrected chi connectivity index (χ4v) is 2.77. The summed E-state index contributed by atoms with van der Waals surface area (Å²) in [7, 11) is 0. The molecular weight excluding hydrogens is 348 g/mol. The van der Waals surface area contributed by atoms with Crippen molar-refractivity contribution in [1.29, 1.82) is 0 Å². The molecule has 5 heteroatoms. The predicted molar refractivity (Wildman–Crippen MR) is 105 cm³/mol. The first kappa shape index (κ1) is 16.4. The first-order chi connectivity index (χ1) is 12.6. The van der Waals surface area contributed by atoms with Gasteiger partial charge in [-0.25, -0.2) is 4.98 Å². The Kier molecular flexibility index (Phi) is 4.19. The Bertz CT molecular complexity index is 1110. The zero-order valence-corrected chi connectivity index (χ0v) is 14.7. The van der Waals surface area contributed by atoms with Gasteiger partial charge in [0.2, 0.25) is 5.89 Å². The van der Waals surface area contributed by atoms with E-state index in [1.54, 1.807) is 18.3 Å². The van der Waals surface area contributed by atoms with Crippen molar-refractivity contribution in [3.63, 3.8) is 0 Å². The number of aromatic hydroxyl groups is 1. The molecule has 0 aliphatic carbocycles. The van der Waals surface area contributed by atoms with E-state index in [4.69, 9.17) is 16.0 Å². The summed E-state index contributed by atoms with van der Waals surface area (Å²) >= 11 is 5.95. The monoisotopic (exact) mass is 362 g/mol. The summed E-state index contributed by atoms with van der Waals surface area (Å²) in [5.74, 6) is 0.703. The van der Waals surface area contributed by atoms with E-state index in [0.717, 1.165) is 11.1 Å². The summed E-state index contributed by atoms with van der Waals surface area (Å²) < 4.78 is 5.87. The number of aryl methyl sites for hydroxylation is 1. The fourth-order valence-electron chi connectivity index (χ4n) is 2.59.